The number of rotatable bonds is 7. The lowest BCUT2D eigenvalue weighted by molar-refractivity contribution is 0.352. The summed E-state index contributed by atoms with van der Waals surface area (Å²) in [7, 11) is 0. The molecule has 4 aromatic rings. The number of anilines is 1. The van der Waals surface area contributed by atoms with E-state index in [-0.39, 0.29) is 5.56 Å². The molecule has 5 rings (SSSR count). The summed E-state index contributed by atoms with van der Waals surface area (Å²) >= 11 is 0. The maximum atomic E-state index is 12.9. The molecule has 3 heterocycles. The normalized spacial score (nSPS) is 14.1. The number of nitrogens with zero attached hydrogens (tertiary/aromatic N) is 2. The summed E-state index contributed by atoms with van der Waals surface area (Å²) in [5.74, 6) is 0. The molecule has 1 aliphatic rings. The second-order valence-electron chi connectivity index (χ2n) is 8.29. The highest BCUT2D eigenvalue weighted by Crippen LogP contribution is 2.24. The molecule has 0 saturated carbocycles. The molecule has 0 radical (unpaired) electrons. The molecule has 2 aromatic carbocycles. The third-order valence-electron chi connectivity index (χ3n) is 6.22. The van der Waals surface area contributed by atoms with E-state index >= 15 is 0 Å². The Morgan fingerprint density at radius 3 is 2.66 bits per heavy atom. The molecule has 0 aliphatic carbocycles. The van der Waals surface area contributed by atoms with Crippen molar-refractivity contribution in [1.29, 1.82) is 5.41 Å². The molecule has 0 unspecified atom stereocenters. The molecular formula is C26H27N5O. The van der Waals surface area contributed by atoms with E-state index in [1.807, 2.05) is 54.9 Å². The standard InChI is InChI=1S/C26H27N5O/c27-18-22-16-23(4-6-25(22)29-10-14-30-11-1-2-12-30)31-13-8-20(17-26(31)32)19-3-5-24-21(15-19)7-9-28-24/h3-9,13,15-18,27-29H,1-2,10-12,14H2. The number of benzene rings is 2. The second kappa shape index (κ2) is 8.85. The topological polar surface area (TPSA) is 76.9 Å². The first-order valence-corrected chi connectivity index (χ1v) is 11.1. The van der Waals surface area contributed by atoms with E-state index in [9.17, 15) is 4.79 Å². The predicted molar refractivity (Wildman–Crippen MR) is 131 cm³/mol. The summed E-state index contributed by atoms with van der Waals surface area (Å²) in [6.45, 7) is 4.21. The minimum atomic E-state index is -0.0951. The van der Waals surface area contributed by atoms with Crippen LogP contribution in [0.5, 0.6) is 0 Å². The number of hydrogen-bond donors (Lipinski definition) is 3. The molecule has 0 atom stereocenters. The Bertz CT molecular complexity index is 1310. The largest absolute Gasteiger partial charge is 0.383 e. The SMILES string of the molecule is N=Cc1cc(-n2ccc(-c3ccc4[nH]ccc4c3)cc2=O)ccc1NCCN1CCCC1. The summed E-state index contributed by atoms with van der Waals surface area (Å²) in [6, 6.07) is 17.6. The van der Waals surface area contributed by atoms with E-state index in [4.69, 9.17) is 5.41 Å². The highest BCUT2D eigenvalue weighted by atomic mass is 16.1. The Balaban J connectivity index is 1.36. The van der Waals surface area contributed by atoms with Gasteiger partial charge in [0.05, 0.1) is 0 Å². The van der Waals surface area contributed by atoms with Gasteiger partial charge in [0.1, 0.15) is 0 Å². The van der Waals surface area contributed by atoms with Gasteiger partial charge in [-0.1, -0.05) is 6.07 Å². The van der Waals surface area contributed by atoms with Crippen molar-refractivity contribution in [2.24, 2.45) is 0 Å². The van der Waals surface area contributed by atoms with Gasteiger partial charge in [0.25, 0.3) is 5.56 Å². The summed E-state index contributed by atoms with van der Waals surface area (Å²) < 4.78 is 1.62. The van der Waals surface area contributed by atoms with Crippen molar-refractivity contribution in [2.75, 3.05) is 31.5 Å². The van der Waals surface area contributed by atoms with Crippen molar-refractivity contribution in [3.8, 4) is 16.8 Å². The lowest BCUT2D eigenvalue weighted by Gasteiger charge is -2.17. The van der Waals surface area contributed by atoms with Crippen LogP contribution >= 0.6 is 0 Å². The molecule has 2 aromatic heterocycles. The highest BCUT2D eigenvalue weighted by molar-refractivity contribution is 5.87. The molecule has 0 spiro atoms. The first-order chi connectivity index (χ1) is 15.7. The van der Waals surface area contributed by atoms with Gasteiger partial charge in [0.15, 0.2) is 0 Å². The zero-order valence-corrected chi connectivity index (χ0v) is 18.0. The van der Waals surface area contributed by atoms with Crippen molar-refractivity contribution in [3.63, 3.8) is 0 Å². The molecule has 0 bridgehead atoms. The summed E-state index contributed by atoms with van der Waals surface area (Å²) in [4.78, 5) is 18.6. The maximum absolute atomic E-state index is 12.9. The number of aromatic nitrogens is 2. The number of likely N-dealkylation sites (tertiary alicyclic amines) is 1. The first kappa shape index (κ1) is 20.3. The van der Waals surface area contributed by atoms with Crippen molar-refractivity contribution in [2.45, 2.75) is 12.8 Å². The molecule has 6 heteroatoms. The summed E-state index contributed by atoms with van der Waals surface area (Å²) in [5, 5.41) is 12.4. The number of H-pyrrole nitrogens is 1. The smallest absolute Gasteiger partial charge is 0.255 e. The quantitative estimate of drug-likeness (QED) is 0.382. The van der Waals surface area contributed by atoms with Crippen molar-refractivity contribution in [1.82, 2.24) is 14.5 Å². The fourth-order valence-corrected chi connectivity index (χ4v) is 4.44. The van der Waals surface area contributed by atoms with Gasteiger partial charge < -0.3 is 20.6 Å². The molecule has 1 saturated heterocycles. The van der Waals surface area contributed by atoms with Gasteiger partial charge >= 0.3 is 0 Å². The van der Waals surface area contributed by atoms with Gasteiger partial charge in [-0.15, -0.1) is 0 Å². The molecule has 32 heavy (non-hydrogen) atoms. The van der Waals surface area contributed by atoms with E-state index in [2.05, 4.69) is 21.3 Å². The molecular weight excluding hydrogens is 398 g/mol. The van der Waals surface area contributed by atoms with E-state index in [0.29, 0.717) is 0 Å². The van der Waals surface area contributed by atoms with Crippen LogP contribution in [0.15, 0.2) is 71.8 Å². The van der Waals surface area contributed by atoms with Crippen LogP contribution in [0.25, 0.3) is 27.7 Å². The minimum absolute atomic E-state index is 0.0951. The van der Waals surface area contributed by atoms with Crippen LogP contribution in [-0.2, 0) is 0 Å². The highest BCUT2D eigenvalue weighted by Gasteiger charge is 2.11. The fraction of sp³-hybridized carbons (Fsp3) is 0.231. The van der Waals surface area contributed by atoms with Crippen molar-refractivity contribution >= 4 is 22.8 Å². The van der Waals surface area contributed by atoms with Crippen LogP contribution < -0.4 is 10.9 Å². The van der Waals surface area contributed by atoms with Gasteiger partial charge in [-0.2, -0.15) is 0 Å². The van der Waals surface area contributed by atoms with Gasteiger partial charge in [0.2, 0.25) is 0 Å². The molecule has 3 N–H and O–H groups in total. The first-order valence-electron chi connectivity index (χ1n) is 11.1. The van der Waals surface area contributed by atoms with Crippen molar-refractivity contribution in [3.05, 3.63) is 82.9 Å². The zero-order chi connectivity index (χ0) is 21.9. The lowest BCUT2D eigenvalue weighted by atomic mass is 10.1. The van der Waals surface area contributed by atoms with E-state index < -0.39 is 0 Å². The lowest BCUT2D eigenvalue weighted by Crippen LogP contribution is -2.26. The van der Waals surface area contributed by atoms with E-state index in [1.165, 1.54) is 32.1 Å². The van der Waals surface area contributed by atoms with E-state index in [1.54, 1.807) is 10.6 Å². The van der Waals surface area contributed by atoms with Gasteiger partial charge in [-0.05, 0) is 84.9 Å². The second-order valence-corrected chi connectivity index (χ2v) is 8.29. The third-order valence-corrected chi connectivity index (χ3v) is 6.22. The zero-order valence-electron chi connectivity index (χ0n) is 18.0. The van der Waals surface area contributed by atoms with Crippen LogP contribution in [0.4, 0.5) is 5.69 Å². The number of pyridine rings is 1. The van der Waals surface area contributed by atoms with Gasteiger partial charge in [-0.3, -0.25) is 9.36 Å². The van der Waals surface area contributed by atoms with Crippen LogP contribution in [0, 0.1) is 5.41 Å². The third kappa shape index (κ3) is 4.09. The molecule has 162 valence electrons. The molecule has 1 fully saturated rings. The van der Waals surface area contributed by atoms with Crippen LogP contribution in [0.2, 0.25) is 0 Å². The fourth-order valence-electron chi connectivity index (χ4n) is 4.44. The number of nitrogens with one attached hydrogen (secondary N) is 3. The van der Waals surface area contributed by atoms with Crippen LogP contribution in [0.3, 0.4) is 0 Å². The summed E-state index contributed by atoms with van der Waals surface area (Å²) in [6.07, 6.45) is 7.64. The molecule has 1 aliphatic heterocycles. The average molecular weight is 426 g/mol. The number of aromatic amines is 1. The Labute approximate surface area is 187 Å². The monoisotopic (exact) mass is 425 g/mol. The number of fused-ring (bicyclic) bond motifs is 1. The Morgan fingerprint density at radius 2 is 1.84 bits per heavy atom. The Kier molecular flexibility index (Phi) is 5.60. The van der Waals surface area contributed by atoms with Crippen LogP contribution in [-0.4, -0.2) is 46.8 Å². The van der Waals surface area contributed by atoms with Crippen molar-refractivity contribution < 1.29 is 0 Å². The average Bonchev–Trinajstić information content (AvgIpc) is 3.51. The van der Waals surface area contributed by atoms with E-state index in [0.717, 1.165) is 52.1 Å². The minimum Gasteiger partial charge on any atom is -0.383 e. The molecule has 0 amide bonds. The maximum Gasteiger partial charge on any atom is 0.255 e. The summed E-state index contributed by atoms with van der Waals surface area (Å²) in [5.41, 5.74) is 5.34. The van der Waals surface area contributed by atoms with Gasteiger partial charge in [-0.25, -0.2) is 0 Å². The molecule has 6 nitrogen and oxygen atoms in total. The Hall–Kier alpha value is -3.64. The number of hydrogen-bond acceptors (Lipinski definition) is 4. The van der Waals surface area contributed by atoms with Gasteiger partial charge in [0, 0.05) is 60.2 Å². The van der Waals surface area contributed by atoms with Crippen LogP contribution in [0.1, 0.15) is 18.4 Å². The Morgan fingerprint density at radius 1 is 1.00 bits per heavy atom. The predicted octanol–water partition coefficient (Wildman–Crippen LogP) is 4.49.